The summed E-state index contributed by atoms with van der Waals surface area (Å²) >= 11 is 0. The van der Waals surface area contributed by atoms with Gasteiger partial charge >= 0.3 is 0 Å². The molecule has 24 heavy (non-hydrogen) atoms. The zero-order valence-corrected chi connectivity index (χ0v) is 14.5. The number of hydrogen-bond donors (Lipinski definition) is 0. The lowest BCUT2D eigenvalue weighted by molar-refractivity contribution is -0.132. The highest BCUT2D eigenvalue weighted by Crippen LogP contribution is 2.26. The van der Waals surface area contributed by atoms with E-state index in [9.17, 15) is 4.79 Å². The zero-order valence-electron chi connectivity index (χ0n) is 14.5. The molecule has 1 aliphatic carbocycles. The number of nitrogens with zero attached hydrogens (tertiary/aromatic N) is 4. The van der Waals surface area contributed by atoms with Crippen molar-refractivity contribution in [3.63, 3.8) is 0 Å². The molecular weight excluding hydrogens is 300 g/mol. The molecule has 1 aromatic heterocycles. The standard InChI is InChI=1S/C19H28N4O/c24-19(12-16-6-2-1-3-7-16)22-14-17-8-9-20-23(17)18(15-22)13-21-10-4-5-11-21/h6,8-9,18H,1-5,7,10-15H2/t18-/m1/s1. The SMILES string of the molecule is O=C(CC1=CCCCC1)N1Cc2ccnn2[C@H](CN2CCCC2)C1. The van der Waals surface area contributed by atoms with Gasteiger partial charge in [0.15, 0.2) is 0 Å². The Labute approximate surface area is 144 Å². The highest BCUT2D eigenvalue weighted by molar-refractivity contribution is 5.79. The number of fused-ring (bicyclic) bond motifs is 1. The lowest BCUT2D eigenvalue weighted by Gasteiger charge is -2.36. The summed E-state index contributed by atoms with van der Waals surface area (Å²) in [5.74, 6) is 0.294. The minimum atomic E-state index is 0.294. The summed E-state index contributed by atoms with van der Waals surface area (Å²) in [5, 5.41) is 4.53. The Morgan fingerprint density at radius 2 is 2.08 bits per heavy atom. The third-order valence-electron chi connectivity index (χ3n) is 5.67. The topological polar surface area (TPSA) is 41.4 Å². The molecule has 1 atom stereocenters. The fourth-order valence-electron chi connectivity index (χ4n) is 4.35. The first-order valence-corrected chi connectivity index (χ1v) is 9.50. The van der Waals surface area contributed by atoms with E-state index in [1.54, 1.807) is 0 Å². The molecule has 5 heteroatoms. The summed E-state index contributed by atoms with van der Waals surface area (Å²) in [6, 6.07) is 2.36. The first-order chi connectivity index (χ1) is 11.8. The first kappa shape index (κ1) is 15.9. The van der Waals surface area contributed by atoms with Gasteiger partial charge in [-0.1, -0.05) is 11.6 Å². The minimum Gasteiger partial charge on any atom is -0.334 e. The summed E-state index contributed by atoms with van der Waals surface area (Å²) < 4.78 is 2.15. The van der Waals surface area contributed by atoms with Gasteiger partial charge in [0.05, 0.1) is 18.3 Å². The molecule has 0 aromatic carbocycles. The molecule has 1 aromatic rings. The molecule has 0 saturated carbocycles. The number of carbonyl (C=O) groups is 1. The maximum absolute atomic E-state index is 12.8. The van der Waals surface area contributed by atoms with Crippen LogP contribution in [0.2, 0.25) is 0 Å². The number of hydrogen-bond acceptors (Lipinski definition) is 3. The fourth-order valence-corrected chi connectivity index (χ4v) is 4.35. The van der Waals surface area contributed by atoms with Crippen LogP contribution in [0, 0.1) is 0 Å². The molecule has 1 saturated heterocycles. The Kier molecular flexibility index (Phi) is 4.69. The van der Waals surface area contributed by atoms with Crippen LogP contribution in [0.25, 0.3) is 0 Å². The van der Waals surface area contributed by atoms with Crippen molar-refractivity contribution in [3.05, 3.63) is 29.6 Å². The number of allylic oxidation sites excluding steroid dienone is 1. The van der Waals surface area contributed by atoms with Crippen LogP contribution in [0.15, 0.2) is 23.9 Å². The zero-order chi connectivity index (χ0) is 16.4. The van der Waals surface area contributed by atoms with Crippen LogP contribution >= 0.6 is 0 Å². The number of aromatic nitrogens is 2. The van der Waals surface area contributed by atoms with E-state index in [-0.39, 0.29) is 0 Å². The van der Waals surface area contributed by atoms with Gasteiger partial charge in [-0.3, -0.25) is 9.48 Å². The van der Waals surface area contributed by atoms with Crippen molar-refractivity contribution in [2.75, 3.05) is 26.2 Å². The average Bonchev–Trinajstić information content (AvgIpc) is 3.27. The van der Waals surface area contributed by atoms with Crippen molar-refractivity contribution in [1.82, 2.24) is 19.6 Å². The van der Waals surface area contributed by atoms with E-state index in [0.29, 0.717) is 24.9 Å². The quantitative estimate of drug-likeness (QED) is 0.798. The van der Waals surface area contributed by atoms with Gasteiger partial charge in [-0.25, -0.2) is 0 Å². The highest BCUT2D eigenvalue weighted by atomic mass is 16.2. The van der Waals surface area contributed by atoms with E-state index >= 15 is 0 Å². The smallest absolute Gasteiger partial charge is 0.227 e. The van der Waals surface area contributed by atoms with Gasteiger partial charge in [0, 0.05) is 25.7 Å². The lowest BCUT2D eigenvalue weighted by Crippen LogP contribution is -2.45. The predicted octanol–water partition coefficient (Wildman–Crippen LogP) is 2.75. The number of likely N-dealkylation sites (tertiary alicyclic amines) is 1. The molecule has 0 radical (unpaired) electrons. The van der Waals surface area contributed by atoms with Gasteiger partial charge in [-0.2, -0.15) is 5.10 Å². The van der Waals surface area contributed by atoms with E-state index in [1.165, 1.54) is 50.0 Å². The lowest BCUT2D eigenvalue weighted by atomic mass is 9.96. The molecular formula is C19H28N4O. The van der Waals surface area contributed by atoms with Gasteiger partial charge in [-0.15, -0.1) is 0 Å². The van der Waals surface area contributed by atoms with Crippen molar-refractivity contribution < 1.29 is 4.79 Å². The minimum absolute atomic E-state index is 0.294. The summed E-state index contributed by atoms with van der Waals surface area (Å²) in [5.41, 5.74) is 2.53. The van der Waals surface area contributed by atoms with E-state index in [2.05, 4.69) is 31.7 Å². The number of carbonyl (C=O) groups excluding carboxylic acids is 1. The molecule has 130 valence electrons. The molecule has 0 spiro atoms. The second-order valence-electron chi connectivity index (χ2n) is 7.49. The Morgan fingerprint density at radius 1 is 1.21 bits per heavy atom. The van der Waals surface area contributed by atoms with Gasteiger partial charge in [0.2, 0.25) is 5.91 Å². The van der Waals surface area contributed by atoms with E-state index < -0.39 is 0 Å². The largest absolute Gasteiger partial charge is 0.334 e. The average molecular weight is 328 g/mol. The summed E-state index contributed by atoms with van der Waals surface area (Å²) in [4.78, 5) is 17.4. The molecule has 1 fully saturated rings. The molecule has 0 bridgehead atoms. The summed E-state index contributed by atoms with van der Waals surface area (Å²) in [7, 11) is 0. The van der Waals surface area contributed by atoms with Crippen LogP contribution in [0.4, 0.5) is 0 Å². The van der Waals surface area contributed by atoms with E-state index in [0.717, 1.165) is 25.9 Å². The highest BCUT2D eigenvalue weighted by Gasteiger charge is 2.30. The Bertz CT molecular complexity index is 615. The maximum atomic E-state index is 12.8. The van der Waals surface area contributed by atoms with Crippen LogP contribution in [-0.2, 0) is 11.3 Å². The molecule has 0 N–H and O–H groups in total. The normalized spacial score (nSPS) is 24.8. The summed E-state index contributed by atoms with van der Waals surface area (Å²) in [6.45, 7) is 4.91. The third kappa shape index (κ3) is 3.41. The summed E-state index contributed by atoms with van der Waals surface area (Å²) in [6.07, 6.45) is 12.2. The van der Waals surface area contributed by atoms with E-state index in [1.807, 2.05) is 6.20 Å². The molecule has 3 aliphatic rings. The Morgan fingerprint density at radius 3 is 2.88 bits per heavy atom. The van der Waals surface area contributed by atoms with E-state index in [4.69, 9.17) is 0 Å². The Hall–Kier alpha value is -1.62. The molecule has 4 rings (SSSR count). The van der Waals surface area contributed by atoms with Crippen LogP contribution in [-0.4, -0.2) is 51.7 Å². The van der Waals surface area contributed by atoms with Crippen molar-refractivity contribution in [3.8, 4) is 0 Å². The van der Waals surface area contributed by atoms with Crippen molar-refractivity contribution in [2.45, 2.75) is 57.5 Å². The van der Waals surface area contributed by atoms with Crippen LogP contribution in [0.5, 0.6) is 0 Å². The predicted molar refractivity (Wildman–Crippen MR) is 93.5 cm³/mol. The van der Waals surface area contributed by atoms with Crippen LogP contribution in [0.3, 0.4) is 0 Å². The van der Waals surface area contributed by atoms with Gasteiger partial charge < -0.3 is 9.80 Å². The third-order valence-corrected chi connectivity index (χ3v) is 5.67. The Balaban J connectivity index is 1.44. The molecule has 5 nitrogen and oxygen atoms in total. The molecule has 0 unspecified atom stereocenters. The van der Waals surface area contributed by atoms with Crippen molar-refractivity contribution in [2.24, 2.45) is 0 Å². The van der Waals surface area contributed by atoms with Crippen molar-refractivity contribution >= 4 is 5.91 Å². The molecule has 3 heterocycles. The molecule has 1 amide bonds. The number of rotatable bonds is 4. The first-order valence-electron chi connectivity index (χ1n) is 9.50. The number of amides is 1. The van der Waals surface area contributed by atoms with Gasteiger partial charge in [-0.05, 0) is 57.7 Å². The van der Waals surface area contributed by atoms with Gasteiger partial charge in [0.25, 0.3) is 0 Å². The fraction of sp³-hybridized carbons (Fsp3) is 0.684. The van der Waals surface area contributed by atoms with Crippen LogP contribution < -0.4 is 0 Å². The molecule has 2 aliphatic heterocycles. The van der Waals surface area contributed by atoms with Crippen molar-refractivity contribution in [1.29, 1.82) is 0 Å². The second kappa shape index (κ2) is 7.09. The second-order valence-corrected chi connectivity index (χ2v) is 7.49. The van der Waals surface area contributed by atoms with Crippen LogP contribution in [0.1, 0.15) is 56.7 Å². The van der Waals surface area contributed by atoms with Gasteiger partial charge in [0.1, 0.15) is 0 Å². The maximum Gasteiger partial charge on any atom is 0.227 e. The monoisotopic (exact) mass is 328 g/mol.